The SMILES string of the molecule is CC(Oc1ccc2ccccc2c1)C1CCNC1.[HH]. The maximum atomic E-state index is 6.07. The van der Waals surface area contributed by atoms with Crippen LogP contribution in [0.4, 0.5) is 0 Å². The molecular weight excluding hydrogens is 222 g/mol. The van der Waals surface area contributed by atoms with E-state index in [0.717, 1.165) is 18.8 Å². The van der Waals surface area contributed by atoms with Crippen LogP contribution in [0, 0.1) is 5.92 Å². The standard InChI is InChI=1S/C16H19NO.H2/c1-12(15-8-9-17-11-15)18-16-7-6-13-4-2-3-5-14(13)10-16;/h2-7,10,12,15,17H,8-9,11H2,1H3;1H. The fourth-order valence-electron chi connectivity index (χ4n) is 2.63. The lowest BCUT2D eigenvalue weighted by molar-refractivity contribution is 0.161. The zero-order valence-corrected chi connectivity index (χ0v) is 10.7. The van der Waals surface area contributed by atoms with Gasteiger partial charge in [-0.25, -0.2) is 0 Å². The van der Waals surface area contributed by atoms with Crippen LogP contribution in [0.3, 0.4) is 0 Å². The van der Waals surface area contributed by atoms with Crippen LogP contribution in [0.25, 0.3) is 10.8 Å². The van der Waals surface area contributed by atoms with E-state index in [0.29, 0.717) is 5.92 Å². The molecule has 2 heteroatoms. The first-order chi connectivity index (χ1) is 8.83. The minimum absolute atomic E-state index is 0. The van der Waals surface area contributed by atoms with Gasteiger partial charge in [0.1, 0.15) is 5.75 Å². The Morgan fingerprint density at radius 2 is 2.06 bits per heavy atom. The molecule has 18 heavy (non-hydrogen) atoms. The average Bonchev–Trinajstić information content (AvgIpc) is 2.92. The van der Waals surface area contributed by atoms with Crippen molar-refractivity contribution < 1.29 is 6.16 Å². The average molecular weight is 243 g/mol. The molecule has 1 aliphatic rings. The van der Waals surface area contributed by atoms with Crippen LogP contribution < -0.4 is 10.1 Å². The van der Waals surface area contributed by atoms with Gasteiger partial charge in [-0.3, -0.25) is 0 Å². The van der Waals surface area contributed by atoms with Crippen LogP contribution in [0.15, 0.2) is 42.5 Å². The number of rotatable bonds is 3. The van der Waals surface area contributed by atoms with Crippen molar-refractivity contribution in [2.75, 3.05) is 13.1 Å². The Hall–Kier alpha value is -1.54. The predicted molar refractivity (Wildman–Crippen MR) is 77.1 cm³/mol. The predicted octanol–water partition coefficient (Wildman–Crippen LogP) is 3.46. The molecule has 0 spiro atoms. The Labute approximate surface area is 109 Å². The van der Waals surface area contributed by atoms with Gasteiger partial charge < -0.3 is 10.1 Å². The first-order valence-corrected chi connectivity index (χ1v) is 6.69. The second kappa shape index (κ2) is 4.99. The second-order valence-electron chi connectivity index (χ2n) is 5.08. The van der Waals surface area contributed by atoms with E-state index in [9.17, 15) is 0 Å². The molecule has 0 saturated carbocycles. The molecular formula is C16H21NO. The van der Waals surface area contributed by atoms with Gasteiger partial charge in [-0.05, 0) is 42.8 Å². The summed E-state index contributed by atoms with van der Waals surface area (Å²) >= 11 is 0. The first-order valence-electron chi connectivity index (χ1n) is 6.69. The molecule has 2 aromatic carbocycles. The van der Waals surface area contributed by atoms with Gasteiger partial charge in [-0.15, -0.1) is 0 Å². The number of benzene rings is 2. The summed E-state index contributed by atoms with van der Waals surface area (Å²) in [6.45, 7) is 4.37. The van der Waals surface area contributed by atoms with E-state index in [4.69, 9.17) is 4.74 Å². The third-order valence-electron chi connectivity index (χ3n) is 3.81. The first kappa shape index (κ1) is 11.5. The fourth-order valence-corrected chi connectivity index (χ4v) is 2.63. The zero-order valence-electron chi connectivity index (χ0n) is 10.7. The zero-order chi connectivity index (χ0) is 12.4. The summed E-state index contributed by atoms with van der Waals surface area (Å²) in [6.07, 6.45) is 1.50. The van der Waals surface area contributed by atoms with E-state index in [-0.39, 0.29) is 7.53 Å². The topological polar surface area (TPSA) is 21.3 Å². The lowest BCUT2D eigenvalue weighted by Crippen LogP contribution is -2.25. The van der Waals surface area contributed by atoms with Crippen LogP contribution in [-0.2, 0) is 0 Å². The molecule has 0 amide bonds. The van der Waals surface area contributed by atoms with Gasteiger partial charge in [0.15, 0.2) is 0 Å². The van der Waals surface area contributed by atoms with Crippen molar-refractivity contribution in [2.24, 2.45) is 5.92 Å². The molecule has 96 valence electrons. The van der Waals surface area contributed by atoms with Gasteiger partial charge >= 0.3 is 0 Å². The molecule has 2 aromatic rings. The third-order valence-corrected chi connectivity index (χ3v) is 3.81. The highest BCUT2D eigenvalue weighted by Gasteiger charge is 2.22. The largest absolute Gasteiger partial charge is 0.490 e. The number of fused-ring (bicyclic) bond motifs is 1. The summed E-state index contributed by atoms with van der Waals surface area (Å²) < 4.78 is 6.07. The second-order valence-corrected chi connectivity index (χ2v) is 5.08. The Bertz CT molecular complexity index is 537. The summed E-state index contributed by atoms with van der Waals surface area (Å²) in [5.74, 6) is 1.62. The van der Waals surface area contributed by atoms with Crippen LogP contribution in [-0.4, -0.2) is 19.2 Å². The highest BCUT2D eigenvalue weighted by Crippen LogP contribution is 2.24. The lowest BCUT2D eigenvalue weighted by atomic mass is 10.0. The molecule has 0 bridgehead atoms. The number of ether oxygens (including phenoxy) is 1. The van der Waals surface area contributed by atoms with Gasteiger partial charge in [-0.2, -0.15) is 0 Å². The molecule has 1 fully saturated rings. The molecule has 0 aromatic heterocycles. The van der Waals surface area contributed by atoms with Gasteiger partial charge in [-0.1, -0.05) is 30.3 Å². The Balaban J connectivity index is 0.00000133. The molecule has 2 atom stereocenters. The van der Waals surface area contributed by atoms with E-state index >= 15 is 0 Å². The molecule has 1 heterocycles. The van der Waals surface area contributed by atoms with Crippen molar-refractivity contribution in [2.45, 2.75) is 19.4 Å². The highest BCUT2D eigenvalue weighted by molar-refractivity contribution is 5.83. The molecule has 1 aliphatic heterocycles. The Kier molecular flexibility index (Phi) is 3.20. The van der Waals surface area contributed by atoms with Gasteiger partial charge in [0.05, 0.1) is 6.10 Å². The van der Waals surface area contributed by atoms with E-state index in [1.807, 2.05) is 0 Å². The van der Waals surface area contributed by atoms with Gasteiger partial charge in [0.25, 0.3) is 0 Å². The smallest absolute Gasteiger partial charge is 0.120 e. The summed E-state index contributed by atoms with van der Waals surface area (Å²) in [4.78, 5) is 0. The van der Waals surface area contributed by atoms with E-state index < -0.39 is 0 Å². The Morgan fingerprint density at radius 1 is 1.22 bits per heavy atom. The van der Waals surface area contributed by atoms with Crippen molar-refractivity contribution in [1.29, 1.82) is 0 Å². The van der Waals surface area contributed by atoms with Crippen molar-refractivity contribution in [3.63, 3.8) is 0 Å². The van der Waals surface area contributed by atoms with Crippen molar-refractivity contribution in [3.05, 3.63) is 42.5 Å². The van der Waals surface area contributed by atoms with Gasteiger partial charge in [0.2, 0.25) is 0 Å². The van der Waals surface area contributed by atoms with Crippen LogP contribution in [0.2, 0.25) is 0 Å². The van der Waals surface area contributed by atoms with E-state index in [1.165, 1.54) is 17.2 Å². The quantitative estimate of drug-likeness (QED) is 0.891. The third kappa shape index (κ3) is 2.34. The molecule has 2 nitrogen and oxygen atoms in total. The van der Waals surface area contributed by atoms with Crippen molar-refractivity contribution in [1.82, 2.24) is 5.32 Å². The molecule has 2 unspecified atom stereocenters. The van der Waals surface area contributed by atoms with Crippen LogP contribution in [0.5, 0.6) is 5.75 Å². The number of hydrogen-bond donors (Lipinski definition) is 1. The summed E-state index contributed by atoms with van der Waals surface area (Å²) in [7, 11) is 0. The molecule has 1 saturated heterocycles. The maximum Gasteiger partial charge on any atom is 0.120 e. The number of nitrogens with one attached hydrogen (secondary N) is 1. The molecule has 3 rings (SSSR count). The summed E-state index contributed by atoms with van der Waals surface area (Å²) in [5.41, 5.74) is 0. The minimum atomic E-state index is 0. The summed E-state index contributed by atoms with van der Waals surface area (Å²) in [5, 5.41) is 5.89. The van der Waals surface area contributed by atoms with E-state index in [1.54, 1.807) is 0 Å². The minimum Gasteiger partial charge on any atom is -0.490 e. The van der Waals surface area contributed by atoms with E-state index in [2.05, 4.69) is 54.7 Å². The van der Waals surface area contributed by atoms with Crippen molar-refractivity contribution in [3.8, 4) is 5.75 Å². The van der Waals surface area contributed by atoms with Crippen LogP contribution in [0.1, 0.15) is 14.8 Å². The van der Waals surface area contributed by atoms with Crippen molar-refractivity contribution >= 4 is 10.8 Å². The summed E-state index contributed by atoms with van der Waals surface area (Å²) in [6, 6.07) is 14.7. The Morgan fingerprint density at radius 3 is 2.83 bits per heavy atom. The number of hydrogen-bond acceptors (Lipinski definition) is 2. The van der Waals surface area contributed by atoms with Crippen LogP contribution >= 0.6 is 0 Å². The molecule has 0 aliphatic carbocycles. The highest BCUT2D eigenvalue weighted by atomic mass is 16.5. The fraction of sp³-hybridized carbons (Fsp3) is 0.375. The normalized spacial score (nSPS) is 21.1. The molecule has 1 N–H and O–H groups in total. The van der Waals surface area contributed by atoms with Gasteiger partial charge in [0, 0.05) is 13.9 Å². The lowest BCUT2D eigenvalue weighted by Gasteiger charge is -2.20. The monoisotopic (exact) mass is 243 g/mol. The molecule has 0 radical (unpaired) electrons. The maximum absolute atomic E-state index is 6.07.